The van der Waals surface area contributed by atoms with E-state index in [1.165, 1.54) is 0 Å². The highest BCUT2D eigenvalue weighted by atomic mass is 16.5. The highest BCUT2D eigenvalue weighted by Gasteiger charge is 2.14. The van der Waals surface area contributed by atoms with Crippen LogP contribution < -0.4 is 9.47 Å². The lowest BCUT2D eigenvalue weighted by atomic mass is 9.93. The summed E-state index contributed by atoms with van der Waals surface area (Å²) in [6.07, 6.45) is 4.25. The fraction of sp³-hybridized carbons (Fsp3) is 0.286. The Bertz CT molecular complexity index is 1180. The van der Waals surface area contributed by atoms with Gasteiger partial charge in [0.05, 0.1) is 13.2 Å². The predicted molar refractivity (Wildman–Crippen MR) is 129 cm³/mol. The zero-order chi connectivity index (χ0) is 21.6. The van der Waals surface area contributed by atoms with Gasteiger partial charge in [0.1, 0.15) is 17.2 Å². The van der Waals surface area contributed by atoms with Crippen LogP contribution in [-0.2, 0) is 0 Å². The summed E-state index contributed by atoms with van der Waals surface area (Å²) in [6, 6.07) is 22.2. The molecule has 4 rings (SSSR count). The summed E-state index contributed by atoms with van der Waals surface area (Å²) in [7, 11) is 0. The van der Waals surface area contributed by atoms with E-state index in [1.807, 2.05) is 30.3 Å². The Morgan fingerprint density at radius 3 is 1.90 bits per heavy atom. The Labute approximate surface area is 184 Å². The first-order chi connectivity index (χ1) is 15.2. The van der Waals surface area contributed by atoms with E-state index in [-0.39, 0.29) is 5.75 Å². The standard InChI is InChI=1S/C28H30O3/c1-3-5-16-30-22-13-10-20-8-7-9-24(25(20)18-22)28-26-19-23(31-17-6-4-2)14-11-21(26)12-15-27(28)29/h7-15,18-19,29H,3-6,16-17H2,1-2H3. The smallest absolute Gasteiger partial charge is 0.124 e. The van der Waals surface area contributed by atoms with Crippen molar-refractivity contribution in [1.82, 2.24) is 0 Å². The summed E-state index contributed by atoms with van der Waals surface area (Å²) in [5.74, 6) is 1.95. The van der Waals surface area contributed by atoms with Crippen molar-refractivity contribution >= 4 is 21.5 Å². The van der Waals surface area contributed by atoms with Gasteiger partial charge in [-0.3, -0.25) is 0 Å². The summed E-state index contributed by atoms with van der Waals surface area (Å²) in [5.41, 5.74) is 1.82. The average Bonchev–Trinajstić information content (AvgIpc) is 2.79. The van der Waals surface area contributed by atoms with Crippen LogP contribution in [0.3, 0.4) is 0 Å². The van der Waals surface area contributed by atoms with Crippen molar-refractivity contribution in [2.75, 3.05) is 13.2 Å². The lowest BCUT2D eigenvalue weighted by Gasteiger charge is -2.15. The number of hydrogen-bond donors (Lipinski definition) is 1. The van der Waals surface area contributed by atoms with Crippen LogP contribution >= 0.6 is 0 Å². The van der Waals surface area contributed by atoms with Gasteiger partial charge in [-0.25, -0.2) is 0 Å². The Kier molecular flexibility index (Phi) is 6.61. The van der Waals surface area contributed by atoms with Gasteiger partial charge in [0.15, 0.2) is 0 Å². The highest BCUT2D eigenvalue weighted by molar-refractivity contribution is 6.08. The van der Waals surface area contributed by atoms with Gasteiger partial charge in [-0.15, -0.1) is 0 Å². The molecule has 31 heavy (non-hydrogen) atoms. The molecule has 0 aromatic heterocycles. The molecule has 0 aliphatic carbocycles. The maximum Gasteiger partial charge on any atom is 0.124 e. The second-order valence-corrected chi connectivity index (χ2v) is 7.94. The predicted octanol–water partition coefficient (Wildman–Crippen LogP) is 7.72. The van der Waals surface area contributed by atoms with E-state index in [1.54, 1.807) is 6.07 Å². The van der Waals surface area contributed by atoms with Crippen LogP contribution in [0.2, 0.25) is 0 Å². The summed E-state index contributed by atoms with van der Waals surface area (Å²) >= 11 is 0. The third-order valence-corrected chi connectivity index (χ3v) is 5.63. The second-order valence-electron chi connectivity index (χ2n) is 7.94. The molecule has 0 aliphatic rings. The molecule has 160 valence electrons. The average molecular weight is 415 g/mol. The zero-order valence-corrected chi connectivity index (χ0v) is 18.4. The third-order valence-electron chi connectivity index (χ3n) is 5.63. The van der Waals surface area contributed by atoms with Gasteiger partial charge in [0.25, 0.3) is 0 Å². The molecule has 0 saturated heterocycles. The van der Waals surface area contributed by atoms with Gasteiger partial charge in [0.2, 0.25) is 0 Å². The maximum atomic E-state index is 10.9. The largest absolute Gasteiger partial charge is 0.507 e. The van der Waals surface area contributed by atoms with Gasteiger partial charge in [-0.05, 0) is 70.3 Å². The number of benzene rings is 4. The molecule has 0 atom stereocenters. The van der Waals surface area contributed by atoms with E-state index < -0.39 is 0 Å². The molecular weight excluding hydrogens is 384 g/mol. The first-order valence-electron chi connectivity index (χ1n) is 11.3. The molecule has 4 aromatic carbocycles. The van der Waals surface area contributed by atoms with Gasteiger partial charge in [0, 0.05) is 5.56 Å². The Balaban J connectivity index is 1.83. The Morgan fingerprint density at radius 2 is 1.26 bits per heavy atom. The third kappa shape index (κ3) is 4.61. The molecule has 0 heterocycles. The quantitative estimate of drug-likeness (QED) is 0.285. The number of aromatic hydroxyl groups is 1. The van der Waals surface area contributed by atoms with Crippen LogP contribution in [0.15, 0.2) is 66.7 Å². The maximum absolute atomic E-state index is 10.9. The Morgan fingerprint density at radius 1 is 0.677 bits per heavy atom. The van der Waals surface area contributed by atoms with E-state index in [0.717, 1.165) is 69.9 Å². The minimum Gasteiger partial charge on any atom is -0.507 e. The van der Waals surface area contributed by atoms with Crippen molar-refractivity contribution in [2.45, 2.75) is 39.5 Å². The topological polar surface area (TPSA) is 38.7 Å². The summed E-state index contributed by atoms with van der Waals surface area (Å²) in [5, 5.41) is 15.1. The normalized spacial score (nSPS) is 11.2. The van der Waals surface area contributed by atoms with Gasteiger partial charge >= 0.3 is 0 Å². The first kappa shape index (κ1) is 21.0. The van der Waals surface area contributed by atoms with Crippen LogP contribution in [0, 0.1) is 0 Å². The molecule has 0 aliphatic heterocycles. The minimum absolute atomic E-state index is 0.267. The molecule has 0 amide bonds. The number of ether oxygens (including phenoxy) is 2. The van der Waals surface area contributed by atoms with Crippen LogP contribution in [0.1, 0.15) is 39.5 Å². The first-order valence-corrected chi connectivity index (χ1v) is 11.3. The zero-order valence-electron chi connectivity index (χ0n) is 18.4. The number of hydrogen-bond acceptors (Lipinski definition) is 3. The molecule has 0 saturated carbocycles. The lowest BCUT2D eigenvalue weighted by Crippen LogP contribution is -1.97. The fourth-order valence-corrected chi connectivity index (χ4v) is 3.89. The molecule has 0 bridgehead atoms. The highest BCUT2D eigenvalue weighted by Crippen LogP contribution is 2.41. The van der Waals surface area contributed by atoms with Crippen molar-refractivity contribution in [1.29, 1.82) is 0 Å². The SMILES string of the molecule is CCCCOc1ccc2cccc(-c3c(O)ccc4ccc(OCCCC)cc34)c2c1. The van der Waals surface area contributed by atoms with E-state index >= 15 is 0 Å². The number of phenols is 1. The van der Waals surface area contributed by atoms with E-state index in [4.69, 9.17) is 9.47 Å². The number of phenolic OH excluding ortho intramolecular Hbond substituents is 1. The monoisotopic (exact) mass is 414 g/mol. The van der Waals surface area contributed by atoms with Crippen molar-refractivity contribution < 1.29 is 14.6 Å². The van der Waals surface area contributed by atoms with Crippen molar-refractivity contribution in [3.63, 3.8) is 0 Å². The van der Waals surface area contributed by atoms with E-state index in [2.05, 4.69) is 44.2 Å². The molecular formula is C28H30O3. The molecule has 1 N–H and O–H groups in total. The summed E-state index contributed by atoms with van der Waals surface area (Å²) in [4.78, 5) is 0. The van der Waals surface area contributed by atoms with Crippen LogP contribution in [-0.4, -0.2) is 18.3 Å². The lowest BCUT2D eigenvalue weighted by molar-refractivity contribution is 0.309. The molecule has 0 fully saturated rings. The van der Waals surface area contributed by atoms with E-state index in [9.17, 15) is 5.11 Å². The van der Waals surface area contributed by atoms with Crippen LogP contribution in [0.25, 0.3) is 32.7 Å². The Hall–Kier alpha value is -3.20. The molecule has 3 nitrogen and oxygen atoms in total. The molecule has 0 radical (unpaired) electrons. The van der Waals surface area contributed by atoms with Crippen molar-refractivity contribution in [3.8, 4) is 28.4 Å². The molecule has 3 heteroatoms. The van der Waals surface area contributed by atoms with Crippen molar-refractivity contribution in [3.05, 3.63) is 66.7 Å². The molecule has 0 spiro atoms. The summed E-state index contributed by atoms with van der Waals surface area (Å²) < 4.78 is 11.9. The molecule has 0 unspecified atom stereocenters. The number of rotatable bonds is 9. The summed E-state index contributed by atoms with van der Waals surface area (Å²) in [6.45, 7) is 5.72. The van der Waals surface area contributed by atoms with Crippen LogP contribution in [0.4, 0.5) is 0 Å². The van der Waals surface area contributed by atoms with Crippen molar-refractivity contribution in [2.24, 2.45) is 0 Å². The van der Waals surface area contributed by atoms with E-state index in [0.29, 0.717) is 13.2 Å². The fourth-order valence-electron chi connectivity index (χ4n) is 3.89. The van der Waals surface area contributed by atoms with Gasteiger partial charge in [-0.1, -0.05) is 63.1 Å². The minimum atomic E-state index is 0.267. The second kappa shape index (κ2) is 9.74. The van der Waals surface area contributed by atoms with Gasteiger partial charge < -0.3 is 14.6 Å². The van der Waals surface area contributed by atoms with Crippen LogP contribution in [0.5, 0.6) is 17.2 Å². The molecule has 4 aromatic rings. The van der Waals surface area contributed by atoms with Gasteiger partial charge in [-0.2, -0.15) is 0 Å². The number of unbranched alkanes of at least 4 members (excludes halogenated alkanes) is 2. The number of fused-ring (bicyclic) bond motifs is 2.